The summed E-state index contributed by atoms with van der Waals surface area (Å²) in [5.74, 6) is -0.0679. The Labute approximate surface area is 144 Å². The van der Waals surface area contributed by atoms with Crippen molar-refractivity contribution in [2.45, 2.75) is 38.1 Å². The highest BCUT2D eigenvalue weighted by molar-refractivity contribution is 5.85. The molecule has 0 aromatic heterocycles. The molecule has 1 N–H and O–H groups in total. The molecule has 0 bridgehead atoms. The van der Waals surface area contributed by atoms with Crippen LogP contribution in [0.3, 0.4) is 0 Å². The van der Waals surface area contributed by atoms with Crippen molar-refractivity contribution in [3.05, 3.63) is 35.9 Å². The van der Waals surface area contributed by atoms with Gasteiger partial charge in [-0.05, 0) is 18.4 Å². The molecule has 1 aromatic rings. The molecule has 3 rings (SSSR count). The highest BCUT2D eigenvalue weighted by Crippen LogP contribution is 2.24. The van der Waals surface area contributed by atoms with Crippen molar-refractivity contribution >= 4 is 11.8 Å². The first-order valence-corrected chi connectivity index (χ1v) is 9.05. The molecule has 0 unspecified atom stereocenters. The minimum atomic E-state index is -0.0980. The lowest BCUT2D eigenvalue weighted by Gasteiger charge is -2.38. The summed E-state index contributed by atoms with van der Waals surface area (Å²) in [5.41, 5.74) is 0.965. The number of carbonyl (C=O) groups excluding carboxylic acids is 2. The van der Waals surface area contributed by atoms with Crippen molar-refractivity contribution in [1.29, 1.82) is 0 Å². The van der Waals surface area contributed by atoms with Crippen LogP contribution in [-0.2, 0) is 16.0 Å². The van der Waals surface area contributed by atoms with Crippen LogP contribution in [0, 0.1) is 0 Å². The molecule has 2 fully saturated rings. The van der Waals surface area contributed by atoms with E-state index in [9.17, 15) is 9.59 Å². The number of piperazine rings is 1. The van der Waals surface area contributed by atoms with Crippen LogP contribution in [0.5, 0.6) is 0 Å². The van der Waals surface area contributed by atoms with Gasteiger partial charge in [-0.15, -0.1) is 0 Å². The number of hydrogen-bond donors (Lipinski definition) is 1. The molecule has 1 heterocycles. The van der Waals surface area contributed by atoms with Gasteiger partial charge in [-0.2, -0.15) is 0 Å². The first kappa shape index (κ1) is 17.0. The lowest BCUT2D eigenvalue weighted by molar-refractivity contribution is -0.134. The van der Waals surface area contributed by atoms with Crippen molar-refractivity contribution in [3.8, 4) is 0 Å². The Kier molecular flexibility index (Phi) is 5.86. The third-order valence-corrected chi connectivity index (χ3v) is 5.15. The lowest BCUT2D eigenvalue weighted by Crippen LogP contribution is -2.53. The second kappa shape index (κ2) is 8.29. The van der Waals surface area contributed by atoms with Crippen molar-refractivity contribution in [1.82, 2.24) is 15.1 Å². The maximum absolute atomic E-state index is 12.3. The number of nitrogens with zero attached hydrogens (tertiary/aromatic N) is 2. The van der Waals surface area contributed by atoms with Crippen LogP contribution in [0.25, 0.3) is 0 Å². The van der Waals surface area contributed by atoms with Gasteiger partial charge in [0.05, 0.1) is 13.0 Å². The summed E-state index contributed by atoms with van der Waals surface area (Å²) in [6, 6.07) is 10.3. The molecule has 24 heavy (non-hydrogen) atoms. The van der Waals surface area contributed by atoms with E-state index in [1.165, 1.54) is 25.7 Å². The van der Waals surface area contributed by atoms with Gasteiger partial charge >= 0.3 is 0 Å². The van der Waals surface area contributed by atoms with E-state index in [2.05, 4.69) is 10.2 Å². The first-order chi connectivity index (χ1) is 11.7. The summed E-state index contributed by atoms with van der Waals surface area (Å²) >= 11 is 0. The molecule has 5 nitrogen and oxygen atoms in total. The summed E-state index contributed by atoms with van der Waals surface area (Å²) in [6.07, 6.45) is 5.63. The summed E-state index contributed by atoms with van der Waals surface area (Å²) in [7, 11) is 0. The highest BCUT2D eigenvalue weighted by atomic mass is 16.2. The third-order valence-electron chi connectivity index (χ3n) is 5.15. The summed E-state index contributed by atoms with van der Waals surface area (Å²) in [6.45, 7) is 3.60. The van der Waals surface area contributed by atoms with E-state index >= 15 is 0 Å². The lowest BCUT2D eigenvalue weighted by atomic mass is 10.1. The molecule has 0 spiro atoms. The summed E-state index contributed by atoms with van der Waals surface area (Å²) < 4.78 is 0. The van der Waals surface area contributed by atoms with E-state index in [4.69, 9.17) is 0 Å². The van der Waals surface area contributed by atoms with Gasteiger partial charge in [0.1, 0.15) is 0 Å². The van der Waals surface area contributed by atoms with Crippen molar-refractivity contribution in [2.75, 3.05) is 32.7 Å². The van der Waals surface area contributed by atoms with Gasteiger partial charge < -0.3 is 10.2 Å². The highest BCUT2D eigenvalue weighted by Gasteiger charge is 2.27. The zero-order chi connectivity index (χ0) is 16.8. The predicted molar refractivity (Wildman–Crippen MR) is 93.6 cm³/mol. The van der Waals surface area contributed by atoms with Crippen LogP contribution in [0.4, 0.5) is 0 Å². The Balaban J connectivity index is 1.37. The molecule has 1 aromatic carbocycles. The fourth-order valence-electron chi connectivity index (χ4n) is 3.74. The standard InChI is InChI=1S/C19H27N3O2/c23-18(14-16-6-2-1-3-7-16)20-15-19(24)22-12-10-21(11-13-22)17-8-4-5-9-17/h1-3,6-7,17H,4-5,8-15H2,(H,20,23). The van der Waals surface area contributed by atoms with E-state index in [-0.39, 0.29) is 18.4 Å². The van der Waals surface area contributed by atoms with E-state index in [0.717, 1.165) is 37.8 Å². The molecule has 2 aliphatic rings. The van der Waals surface area contributed by atoms with Gasteiger partial charge in [0.25, 0.3) is 0 Å². The Hall–Kier alpha value is -1.88. The van der Waals surface area contributed by atoms with E-state index in [1.807, 2.05) is 35.2 Å². The third kappa shape index (κ3) is 4.57. The quantitative estimate of drug-likeness (QED) is 0.889. The average Bonchev–Trinajstić information content (AvgIpc) is 3.15. The van der Waals surface area contributed by atoms with E-state index in [1.54, 1.807) is 0 Å². The Morgan fingerprint density at radius 1 is 1.00 bits per heavy atom. The second-order valence-electron chi connectivity index (χ2n) is 6.79. The molecule has 1 aliphatic heterocycles. The summed E-state index contributed by atoms with van der Waals surface area (Å²) in [4.78, 5) is 28.6. The van der Waals surface area contributed by atoms with Crippen LogP contribution in [0.1, 0.15) is 31.2 Å². The van der Waals surface area contributed by atoms with Crippen molar-refractivity contribution in [3.63, 3.8) is 0 Å². The van der Waals surface area contributed by atoms with Crippen LogP contribution in [0.2, 0.25) is 0 Å². The van der Waals surface area contributed by atoms with Gasteiger partial charge in [-0.1, -0.05) is 43.2 Å². The second-order valence-corrected chi connectivity index (χ2v) is 6.79. The number of carbonyl (C=O) groups is 2. The Morgan fingerprint density at radius 2 is 1.67 bits per heavy atom. The predicted octanol–water partition coefficient (Wildman–Crippen LogP) is 1.43. The Morgan fingerprint density at radius 3 is 2.33 bits per heavy atom. The van der Waals surface area contributed by atoms with Gasteiger partial charge in [0.15, 0.2) is 0 Å². The van der Waals surface area contributed by atoms with E-state index in [0.29, 0.717) is 6.42 Å². The molecule has 1 aliphatic carbocycles. The molecule has 130 valence electrons. The van der Waals surface area contributed by atoms with Gasteiger partial charge in [-0.25, -0.2) is 0 Å². The number of benzene rings is 1. The number of nitrogens with one attached hydrogen (secondary N) is 1. The average molecular weight is 329 g/mol. The van der Waals surface area contributed by atoms with Gasteiger partial charge in [0, 0.05) is 32.2 Å². The van der Waals surface area contributed by atoms with Gasteiger partial charge in [0.2, 0.25) is 11.8 Å². The van der Waals surface area contributed by atoms with E-state index < -0.39 is 0 Å². The number of hydrogen-bond acceptors (Lipinski definition) is 3. The fourth-order valence-corrected chi connectivity index (χ4v) is 3.74. The zero-order valence-corrected chi connectivity index (χ0v) is 14.2. The molecular formula is C19H27N3O2. The molecule has 1 saturated carbocycles. The molecule has 0 radical (unpaired) electrons. The van der Waals surface area contributed by atoms with Crippen molar-refractivity contribution < 1.29 is 9.59 Å². The van der Waals surface area contributed by atoms with Crippen LogP contribution in [0.15, 0.2) is 30.3 Å². The normalized spacial score (nSPS) is 19.4. The fraction of sp³-hybridized carbons (Fsp3) is 0.579. The molecule has 5 heteroatoms. The van der Waals surface area contributed by atoms with Crippen LogP contribution < -0.4 is 5.32 Å². The van der Waals surface area contributed by atoms with Crippen molar-refractivity contribution in [2.24, 2.45) is 0 Å². The maximum Gasteiger partial charge on any atom is 0.242 e. The minimum absolute atomic E-state index is 0.0301. The maximum atomic E-state index is 12.3. The number of rotatable bonds is 5. The largest absolute Gasteiger partial charge is 0.347 e. The zero-order valence-electron chi connectivity index (χ0n) is 14.2. The topological polar surface area (TPSA) is 52.7 Å². The van der Waals surface area contributed by atoms with Crippen LogP contribution >= 0.6 is 0 Å². The molecular weight excluding hydrogens is 302 g/mol. The SMILES string of the molecule is O=C(Cc1ccccc1)NCC(=O)N1CCN(C2CCCC2)CC1. The number of amides is 2. The molecule has 0 atom stereocenters. The molecule has 1 saturated heterocycles. The van der Waals surface area contributed by atoms with Gasteiger partial charge in [-0.3, -0.25) is 14.5 Å². The van der Waals surface area contributed by atoms with Crippen LogP contribution in [-0.4, -0.2) is 60.4 Å². The monoisotopic (exact) mass is 329 g/mol. The minimum Gasteiger partial charge on any atom is -0.347 e. The smallest absolute Gasteiger partial charge is 0.242 e. The first-order valence-electron chi connectivity index (χ1n) is 9.05. The summed E-state index contributed by atoms with van der Waals surface area (Å²) in [5, 5.41) is 2.75. The molecule has 2 amide bonds. The Bertz CT molecular complexity index is 547.